The fraction of sp³-hybridized carbons (Fsp3) is 0.571. The number of hydrogen-bond acceptors (Lipinski definition) is 2. The Bertz CT molecular complexity index is 441. The minimum Gasteiger partial charge on any atom is -0.399 e. The highest BCUT2D eigenvalue weighted by Crippen LogP contribution is 2.36. The smallest absolute Gasteiger partial charge is 0.399 e. The van der Waals surface area contributed by atoms with Crippen LogP contribution in [0.5, 0.6) is 0 Å². The minimum atomic E-state index is -0.308. The fourth-order valence-corrected chi connectivity index (χ4v) is 2.24. The Labute approximate surface area is 115 Å². The molecule has 18 heavy (non-hydrogen) atoms. The first-order valence-corrected chi connectivity index (χ1v) is 6.78. The number of hydrogen-bond donors (Lipinski definition) is 0. The highest BCUT2D eigenvalue weighted by Gasteiger charge is 2.51. The van der Waals surface area contributed by atoms with Gasteiger partial charge in [-0.1, -0.05) is 30.7 Å². The van der Waals surface area contributed by atoms with Gasteiger partial charge < -0.3 is 9.31 Å². The monoisotopic (exact) mass is 266 g/mol. The van der Waals surface area contributed by atoms with Crippen molar-refractivity contribution < 1.29 is 9.31 Å². The molecule has 1 saturated heterocycles. The summed E-state index contributed by atoms with van der Waals surface area (Å²) in [4.78, 5) is 0. The van der Waals surface area contributed by atoms with Crippen LogP contribution < -0.4 is 5.46 Å². The van der Waals surface area contributed by atoms with Crippen molar-refractivity contribution in [3.63, 3.8) is 0 Å². The standard InChI is InChI=1S/C14H20BClO2/c1-6-10-9-11(7-8-12(10)16)15-17-13(2,3)14(4,5)18-15/h7-9H,6H2,1-5H3. The predicted octanol–water partition coefficient (Wildman–Crippen LogP) is 3.20. The molecule has 0 saturated carbocycles. The van der Waals surface area contributed by atoms with Crippen LogP contribution in [-0.4, -0.2) is 18.3 Å². The molecule has 0 radical (unpaired) electrons. The van der Waals surface area contributed by atoms with Gasteiger partial charge in [-0.05, 0) is 51.2 Å². The summed E-state index contributed by atoms with van der Waals surface area (Å²) in [6, 6.07) is 5.97. The molecule has 0 bridgehead atoms. The van der Waals surface area contributed by atoms with E-state index in [0.717, 1.165) is 22.5 Å². The van der Waals surface area contributed by atoms with Crippen LogP contribution in [0.25, 0.3) is 0 Å². The molecule has 0 N–H and O–H groups in total. The summed E-state index contributed by atoms with van der Waals surface area (Å²) in [7, 11) is -0.308. The highest BCUT2D eigenvalue weighted by molar-refractivity contribution is 6.62. The van der Waals surface area contributed by atoms with Crippen molar-refractivity contribution in [2.75, 3.05) is 0 Å². The van der Waals surface area contributed by atoms with Gasteiger partial charge in [-0.2, -0.15) is 0 Å². The van der Waals surface area contributed by atoms with Crippen LogP contribution in [0.3, 0.4) is 0 Å². The van der Waals surface area contributed by atoms with Crippen molar-refractivity contribution in [2.24, 2.45) is 0 Å². The quantitative estimate of drug-likeness (QED) is 0.765. The van der Waals surface area contributed by atoms with Gasteiger partial charge in [-0.25, -0.2) is 0 Å². The van der Waals surface area contributed by atoms with Crippen molar-refractivity contribution in [3.05, 3.63) is 28.8 Å². The third kappa shape index (κ3) is 2.32. The maximum absolute atomic E-state index is 6.13. The van der Waals surface area contributed by atoms with E-state index in [0.29, 0.717) is 0 Å². The number of halogens is 1. The van der Waals surface area contributed by atoms with Gasteiger partial charge in [0.15, 0.2) is 0 Å². The maximum atomic E-state index is 6.13. The van der Waals surface area contributed by atoms with Gasteiger partial charge in [-0.15, -0.1) is 0 Å². The molecule has 0 amide bonds. The van der Waals surface area contributed by atoms with E-state index < -0.39 is 0 Å². The molecular formula is C14H20BClO2. The summed E-state index contributed by atoms with van der Waals surface area (Å²) in [5, 5.41) is 0.803. The van der Waals surface area contributed by atoms with Crippen LogP contribution in [0.1, 0.15) is 40.2 Å². The summed E-state index contributed by atoms with van der Waals surface area (Å²) < 4.78 is 12.0. The molecule has 1 aliphatic rings. The van der Waals surface area contributed by atoms with Crippen molar-refractivity contribution in [1.29, 1.82) is 0 Å². The Balaban J connectivity index is 2.30. The van der Waals surface area contributed by atoms with Gasteiger partial charge in [-0.3, -0.25) is 0 Å². The van der Waals surface area contributed by atoms with E-state index >= 15 is 0 Å². The zero-order valence-electron chi connectivity index (χ0n) is 11.7. The molecule has 1 heterocycles. The Kier molecular flexibility index (Phi) is 3.52. The lowest BCUT2D eigenvalue weighted by Crippen LogP contribution is -2.41. The minimum absolute atomic E-state index is 0.302. The van der Waals surface area contributed by atoms with Gasteiger partial charge in [0.25, 0.3) is 0 Å². The third-order valence-electron chi connectivity index (χ3n) is 3.98. The second kappa shape index (κ2) is 4.55. The Morgan fingerprint density at radius 1 is 1.11 bits per heavy atom. The van der Waals surface area contributed by atoms with Gasteiger partial charge in [0, 0.05) is 5.02 Å². The average Bonchev–Trinajstić information content (AvgIpc) is 2.49. The fourth-order valence-electron chi connectivity index (χ4n) is 1.99. The molecule has 1 fully saturated rings. The second-order valence-electron chi connectivity index (χ2n) is 5.79. The first kappa shape index (κ1) is 13.9. The predicted molar refractivity (Wildman–Crippen MR) is 76.5 cm³/mol. The summed E-state index contributed by atoms with van der Waals surface area (Å²) in [6.45, 7) is 10.3. The zero-order valence-corrected chi connectivity index (χ0v) is 12.5. The molecule has 0 spiro atoms. The van der Waals surface area contributed by atoms with Crippen molar-refractivity contribution in [2.45, 2.75) is 52.2 Å². The lowest BCUT2D eigenvalue weighted by molar-refractivity contribution is 0.00578. The topological polar surface area (TPSA) is 18.5 Å². The molecule has 0 aliphatic carbocycles. The average molecular weight is 267 g/mol. The Hall–Kier alpha value is -0.505. The van der Waals surface area contributed by atoms with Crippen molar-refractivity contribution in [3.8, 4) is 0 Å². The summed E-state index contributed by atoms with van der Waals surface area (Å²) >= 11 is 6.13. The van der Waals surface area contributed by atoms with E-state index in [1.807, 2.05) is 12.1 Å². The van der Waals surface area contributed by atoms with E-state index in [4.69, 9.17) is 20.9 Å². The van der Waals surface area contributed by atoms with Crippen LogP contribution in [0.2, 0.25) is 5.02 Å². The first-order valence-electron chi connectivity index (χ1n) is 6.41. The van der Waals surface area contributed by atoms with Crippen LogP contribution in [0.15, 0.2) is 18.2 Å². The molecule has 1 aliphatic heterocycles. The molecule has 0 unspecified atom stereocenters. The molecule has 2 rings (SSSR count). The lowest BCUT2D eigenvalue weighted by atomic mass is 9.78. The summed E-state index contributed by atoms with van der Waals surface area (Å²) in [5.74, 6) is 0. The van der Waals surface area contributed by atoms with Crippen LogP contribution in [0.4, 0.5) is 0 Å². The summed E-state index contributed by atoms with van der Waals surface area (Å²) in [6.07, 6.45) is 0.909. The van der Waals surface area contributed by atoms with Crippen molar-refractivity contribution >= 4 is 24.2 Å². The lowest BCUT2D eigenvalue weighted by Gasteiger charge is -2.32. The Morgan fingerprint density at radius 3 is 2.17 bits per heavy atom. The molecule has 2 nitrogen and oxygen atoms in total. The molecule has 98 valence electrons. The number of rotatable bonds is 2. The molecule has 0 aromatic heterocycles. The van der Waals surface area contributed by atoms with Gasteiger partial charge in [0.05, 0.1) is 11.2 Å². The molecule has 4 heteroatoms. The van der Waals surface area contributed by atoms with E-state index in [1.165, 1.54) is 0 Å². The normalized spacial score (nSPS) is 21.3. The third-order valence-corrected chi connectivity index (χ3v) is 4.34. The number of aryl methyl sites for hydroxylation is 1. The second-order valence-corrected chi connectivity index (χ2v) is 6.20. The van der Waals surface area contributed by atoms with Gasteiger partial charge in [0.1, 0.15) is 0 Å². The van der Waals surface area contributed by atoms with Crippen LogP contribution in [0, 0.1) is 0 Å². The van der Waals surface area contributed by atoms with Gasteiger partial charge >= 0.3 is 7.12 Å². The van der Waals surface area contributed by atoms with Crippen LogP contribution in [-0.2, 0) is 15.7 Å². The largest absolute Gasteiger partial charge is 0.494 e. The van der Waals surface area contributed by atoms with Gasteiger partial charge in [0.2, 0.25) is 0 Å². The maximum Gasteiger partial charge on any atom is 0.494 e. The number of benzene rings is 1. The van der Waals surface area contributed by atoms with E-state index in [-0.39, 0.29) is 18.3 Å². The summed E-state index contributed by atoms with van der Waals surface area (Å²) in [5.41, 5.74) is 1.56. The first-order chi connectivity index (χ1) is 8.27. The SMILES string of the molecule is CCc1cc(B2OC(C)(C)C(C)(C)O2)ccc1Cl. The highest BCUT2D eigenvalue weighted by atomic mass is 35.5. The van der Waals surface area contributed by atoms with Crippen molar-refractivity contribution in [1.82, 2.24) is 0 Å². The van der Waals surface area contributed by atoms with E-state index in [9.17, 15) is 0 Å². The molecule has 0 atom stereocenters. The van der Waals surface area contributed by atoms with Crippen LogP contribution >= 0.6 is 11.6 Å². The molecular weight excluding hydrogens is 246 g/mol. The van der Waals surface area contributed by atoms with E-state index in [2.05, 4.69) is 40.7 Å². The molecule has 1 aromatic rings. The zero-order chi connectivity index (χ0) is 13.6. The Morgan fingerprint density at radius 2 is 1.67 bits per heavy atom. The molecule has 1 aromatic carbocycles. The van der Waals surface area contributed by atoms with E-state index in [1.54, 1.807) is 0 Å².